The summed E-state index contributed by atoms with van der Waals surface area (Å²) in [4.78, 5) is 9.98. The largest absolute Gasteiger partial charge is 0.456 e. The zero-order valence-electron chi connectivity index (χ0n) is 20.3. The number of aliphatic imine (C=N–C) groups is 2. The van der Waals surface area contributed by atoms with E-state index in [9.17, 15) is 0 Å². The molecule has 3 heterocycles. The first kappa shape index (κ1) is 21.0. The number of para-hydroxylation sites is 2. The summed E-state index contributed by atoms with van der Waals surface area (Å²) in [6.07, 6.45) is -0.398. The number of nitrogens with zero attached hydrogens (tertiary/aromatic N) is 4. The predicted octanol–water partition coefficient (Wildman–Crippen LogP) is 8.43. The minimum absolute atomic E-state index is 0.398. The topological polar surface area (TPSA) is 56.9 Å². The van der Waals surface area contributed by atoms with E-state index < -0.39 is 6.17 Å². The summed E-state index contributed by atoms with van der Waals surface area (Å²) in [7, 11) is 0. The summed E-state index contributed by atoms with van der Waals surface area (Å²) in [5.74, 6) is 1.27. The van der Waals surface area contributed by atoms with Gasteiger partial charge >= 0.3 is 0 Å². The second-order valence-corrected chi connectivity index (χ2v) is 9.46. The SMILES string of the molecule is c1ccc(C2=NC(c3ccccc3)[N-]C(n3c4ccccc4c4cc5c(cc43)oc3ccccc35)=N2)cc1. The Labute approximate surface area is 218 Å². The van der Waals surface area contributed by atoms with Crippen LogP contribution in [-0.2, 0) is 0 Å². The molecule has 7 aromatic rings. The van der Waals surface area contributed by atoms with Gasteiger partial charge in [-0.3, -0.25) is 4.99 Å². The molecule has 1 aliphatic heterocycles. The Hall–Kier alpha value is -5.16. The Morgan fingerprint density at radius 2 is 1.32 bits per heavy atom. The van der Waals surface area contributed by atoms with Gasteiger partial charge in [0.25, 0.3) is 0 Å². The number of amidine groups is 1. The fourth-order valence-corrected chi connectivity index (χ4v) is 5.42. The van der Waals surface area contributed by atoms with Gasteiger partial charge in [-0.2, -0.15) is 0 Å². The van der Waals surface area contributed by atoms with Gasteiger partial charge < -0.3 is 19.3 Å². The predicted molar refractivity (Wildman–Crippen MR) is 155 cm³/mol. The van der Waals surface area contributed by atoms with Crippen molar-refractivity contribution >= 4 is 55.5 Å². The van der Waals surface area contributed by atoms with E-state index in [1.54, 1.807) is 0 Å². The summed E-state index contributed by atoms with van der Waals surface area (Å²) >= 11 is 0. The molecule has 0 spiro atoms. The lowest BCUT2D eigenvalue weighted by Gasteiger charge is -2.31. The molecular weight excluding hydrogens is 468 g/mol. The Balaban J connectivity index is 1.41. The van der Waals surface area contributed by atoms with Crippen LogP contribution in [0.3, 0.4) is 0 Å². The van der Waals surface area contributed by atoms with E-state index in [0.717, 1.165) is 54.9 Å². The van der Waals surface area contributed by atoms with Gasteiger partial charge in [0.2, 0.25) is 0 Å². The van der Waals surface area contributed by atoms with Crippen LogP contribution in [0.5, 0.6) is 0 Å². The van der Waals surface area contributed by atoms with Crippen LogP contribution in [0.1, 0.15) is 17.3 Å². The summed E-state index contributed by atoms with van der Waals surface area (Å²) in [5, 5.41) is 9.59. The van der Waals surface area contributed by atoms with E-state index in [0.29, 0.717) is 11.8 Å². The van der Waals surface area contributed by atoms with Gasteiger partial charge in [0, 0.05) is 27.8 Å². The number of furan rings is 1. The molecule has 0 saturated carbocycles. The number of fused-ring (bicyclic) bond motifs is 6. The van der Waals surface area contributed by atoms with E-state index in [1.165, 1.54) is 0 Å². The van der Waals surface area contributed by atoms with Gasteiger partial charge in [-0.25, -0.2) is 0 Å². The van der Waals surface area contributed by atoms with Crippen molar-refractivity contribution in [2.24, 2.45) is 9.98 Å². The van der Waals surface area contributed by atoms with Crippen LogP contribution in [0.4, 0.5) is 0 Å². The molecule has 0 N–H and O–H groups in total. The first-order valence-electron chi connectivity index (χ1n) is 12.7. The molecule has 1 unspecified atom stereocenters. The fourth-order valence-electron chi connectivity index (χ4n) is 5.42. The van der Waals surface area contributed by atoms with Gasteiger partial charge in [0.05, 0.1) is 5.84 Å². The lowest BCUT2D eigenvalue weighted by atomic mass is 10.1. The van der Waals surface area contributed by atoms with Crippen LogP contribution in [0.2, 0.25) is 0 Å². The number of benzene rings is 5. The Morgan fingerprint density at radius 1 is 0.605 bits per heavy atom. The molecule has 5 nitrogen and oxygen atoms in total. The normalized spacial score (nSPS) is 15.6. The van der Waals surface area contributed by atoms with Crippen molar-refractivity contribution in [3.05, 3.63) is 138 Å². The van der Waals surface area contributed by atoms with Gasteiger partial charge in [-0.15, -0.1) is 0 Å². The molecule has 0 radical (unpaired) electrons. The number of rotatable bonds is 2. The van der Waals surface area contributed by atoms with Crippen LogP contribution >= 0.6 is 0 Å². The second-order valence-electron chi connectivity index (χ2n) is 9.46. The summed E-state index contributed by atoms with van der Waals surface area (Å²) in [6.45, 7) is 0. The van der Waals surface area contributed by atoms with Crippen molar-refractivity contribution in [2.75, 3.05) is 0 Å². The molecule has 0 fully saturated rings. The first-order chi connectivity index (χ1) is 18.8. The average molecular weight is 490 g/mol. The van der Waals surface area contributed by atoms with Crippen LogP contribution < -0.4 is 0 Å². The van der Waals surface area contributed by atoms with E-state index in [-0.39, 0.29) is 0 Å². The molecule has 0 amide bonds. The minimum atomic E-state index is -0.398. The molecule has 8 rings (SSSR count). The van der Waals surface area contributed by atoms with Gasteiger partial charge in [0.1, 0.15) is 17.3 Å². The molecule has 38 heavy (non-hydrogen) atoms. The van der Waals surface area contributed by atoms with Crippen molar-refractivity contribution in [2.45, 2.75) is 6.17 Å². The highest BCUT2D eigenvalue weighted by Gasteiger charge is 2.19. The quantitative estimate of drug-likeness (QED) is 0.240. The van der Waals surface area contributed by atoms with Gasteiger partial charge in [-0.1, -0.05) is 103 Å². The zero-order chi connectivity index (χ0) is 25.1. The lowest BCUT2D eigenvalue weighted by molar-refractivity contribution is 0.669. The standard InChI is InChI=1S/C33H21N4O/c1-3-11-21(12-4-1)31-34-32(22-13-5-2-6-14-22)36-33(35-31)37-27-17-9-7-15-23(27)25-19-26-24-16-8-10-18-29(24)38-30(26)20-28(25)37/h1-20,31H/q-1. The molecule has 5 aromatic carbocycles. The third kappa shape index (κ3) is 3.19. The van der Waals surface area contributed by atoms with Crippen molar-refractivity contribution in [1.82, 2.24) is 4.57 Å². The fraction of sp³-hybridized carbons (Fsp3) is 0.0303. The molecule has 1 atom stereocenters. The Morgan fingerprint density at radius 3 is 2.16 bits per heavy atom. The lowest BCUT2D eigenvalue weighted by Crippen LogP contribution is -2.20. The highest BCUT2D eigenvalue weighted by molar-refractivity contribution is 6.23. The smallest absolute Gasteiger partial charge is 0.136 e. The second kappa shape index (κ2) is 8.18. The molecule has 0 aliphatic carbocycles. The van der Waals surface area contributed by atoms with Crippen molar-refractivity contribution in [3.63, 3.8) is 0 Å². The van der Waals surface area contributed by atoms with E-state index in [1.807, 2.05) is 60.7 Å². The van der Waals surface area contributed by atoms with E-state index in [2.05, 4.69) is 65.2 Å². The van der Waals surface area contributed by atoms with Crippen molar-refractivity contribution in [3.8, 4) is 0 Å². The molecule has 5 heteroatoms. The molecule has 1 aliphatic rings. The zero-order valence-corrected chi connectivity index (χ0v) is 20.3. The Bertz CT molecular complexity index is 2050. The van der Waals surface area contributed by atoms with Crippen LogP contribution in [0.15, 0.2) is 136 Å². The minimum Gasteiger partial charge on any atom is -0.456 e. The highest BCUT2D eigenvalue weighted by Crippen LogP contribution is 2.38. The van der Waals surface area contributed by atoms with Crippen LogP contribution in [0, 0.1) is 0 Å². The van der Waals surface area contributed by atoms with Crippen LogP contribution in [-0.4, -0.2) is 16.4 Å². The van der Waals surface area contributed by atoms with Gasteiger partial charge in [0.15, 0.2) is 0 Å². The number of hydrogen-bond donors (Lipinski definition) is 0. The number of aromatic nitrogens is 1. The van der Waals surface area contributed by atoms with E-state index >= 15 is 0 Å². The first-order valence-corrected chi connectivity index (χ1v) is 12.7. The average Bonchev–Trinajstić information content (AvgIpc) is 3.51. The van der Waals surface area contributed by atoms with Crippen molar-refractivity contribution in [1.29, 1.82) is 0 Å². The molecule has 0 saturated heterocycles. The van der Waals surface area contributed by atoms with Crippen LogP contribution in [0.25, 0.3) is 49.1 Å². The number of hydrogen-bond acceptors (Lipinski definition) is 3. The third-order valence-electron chi connectivity index (χ3n) is 7.19. The summed E-state index contributed by atoms with van der Waals surface area (Å²) < 4.78 is 8.42. The van der Waals surface area contributed by atoms with Gasteiger partial charge in [-0.05, 0) is 40.1 Å². The molecule has 180 valence electrons. The summed E-state index contributed by atoms with van der Waals surface area (Å²) in [6, 6.07) is 41.2. The monoisotopic (exact) mass is 489 g/mol. The van der Waals surface area contributed by atoms with Crippen molar-refractivity contribution < 1.29 is 4.42 Å². The Kier molecular flexibility index (Phi) is 4.52. The maximum Gasteiger partial charge on any atom is 0.136 e. The molecule has 0 bridgehead atoms. The third-order valence-corrected chi connectivity index (χ3v) is 7.19. The molecule has 2 aromatic heterocycles. The maximum absolute atomic E-state index is 6.27. The maximum atomic E-state index is 6.27. The van der Waals surface area contributed by atoms with E-state index in [4.69, 9.17) is 19.7 Å². The summed E-state index contributed by atoms with van der Waals surface area (Å²) in [5.41, 5.74) is 5.75. The highest BCUT2D eigenvalue weighted by atomic mass is 16.3. The molecular formula is C33H21N4O-.